The minimum Gasteiger partial charge on any atom is -0.489 e. The smallest absolute Gasteiger partial charge is 0.220 e. The number of carbonyl (C=O) groups is 1. The van der Waals surface area contributed by atoms with Crippen LogP contribution in [-0.4, -0.2) is 60.2 Å². The Hall–Kier alpha value is -3.03. The van der Waals surface area contributed by atoms with Gasteiger partial charge in [-0.2, -0.15) is 0 Å². The molecule has 7 nitrogen and oxygen atoms in total. The Morgan fingerprint density at radius 1 is 1.16 bits per heavy atom. The zero-order valence-electron chi connectivity index (χ0n) is 18.3. The topological polar surface area (TPSA) is 76.6 Å². The highest BCUT2D eigenvalue weighted by molar-refractivity contribution is 5.77. The monoisotopic (exact) mass is 434 g/mol. The van der Waals surface area contributed by atoms with E-state index in [9.17, 15) is 4.79 Å². The second kappa shape index (κ2) is 11.5. The van der Waals surface area contributed by atoms with E-state index in [-0.39, 0.29) is 11.8 Å². The Morgan fingerprint density at radius 3 is 2.66 bits per heavy atom. The number of aromatic nitrogens is 2. The summed E-state index contributed by atoms with van der Waals surface area (Å²) in [5.74, 6) is 1.61. The lowest BCUT2D eigenvalue weighted by atomic mass is 9.93. The van der Waals surface area contributed by atoms with Crippen LogP contribution >= 0.6 is 0 Å². The molecule has 2 aromatic rings. The van der Waals surface area contributed by atoms with Gasteiger partial charge in [0, 0.05) is 38.2 Å². The van der Waals surface area contributed by atoms with Gasteiger partial charge in [0.25, 0.3) is 0 Å². The summed E-state index contributed by atoms with van der Waals surface area (Å²) in [6.45, 7) is 5.54. The van der Waals surface area contributed by atoms with E-state index in [1.807, 2.05) is 36.4 Å². The SMILES string of the molecule is O=C(CC1C=CC(c2ncc(OCCN3CCOCC3)cn2)=CC1)NCc1ccccc1. The molecule has 2 aliphatic rings. The molecule has 1 aliphatic heterocycles. The normalized spacial score (nSPS) is 18.8. The molecule has 1 aromatic carbocycles. The predicted molar refractivity (Wildman–Crippen MR) is 123 cm³/mol. The first-order chi connectivity index (χ1) is 15.8. The lowest BCUT2D eigenvalue weighted by molar-refractivity contribution is -0.121. The van der Waals surface area contributed by atoms with Gasteiger partial charge in [0.15, 0.2) is 11.6 Å². The van der Waals surface area contributed by atoms with E-state index in [0.29, 0.717) is 31.1 Å². The van der Waals surface area contributed by atoms with Crippen molar-refractivity contribution in [1.29, 1.82) is 0 Å². The third kappa shape index (κ3) is 6.73. The van der Waals surface area contributed by atoms with E-state index in [0.717, 1.165) is 50.4 Å². The molecule has 4 rings (SSSR count). The zero-order valence-corrected chi connectivity index (χ0v) is 18.3. The number of hydrogen-bond donors (Lipinski definition) is 1. The minimum atomic E-state index is 0.0650. The molecule has 32 heavy (non-hydrogen) atoms. The predicted octanol–water partition coefficient (Wildman–Crippen LogP) is 2.85. The van der Waals surface area contributed by atoms with Crippen LogP contribution in [0.1, 0.15) is 24.2 Å². The Balaban J connectivity index is 1.19. The number of carbonyl (C=O) groups excluding carboxylic acids is 1. The molecular formula is C25H30N4O3. The van der Waals surface area contributed by atoms with Crippen molar-refractivity contribution in [2.24, 2.45) is 5.92 Å². The zero-order chi connectivity index (χ0) is 22.0. The maximum Gasteiger partial charge on any atom is 0.220 e. The summed E-state index contributed by atoms with van der Waals surface area (Å²) >= 11 is 0. The molecule has 0 radical (unpaired) electrons. The van der Waals surface area contributed by atoms with Crippen LogP contribution < -0.4 is 10.1 Å². The van der Waals surface area contributed by atoms with Crippen LogP contribution in [0.25, 0.3) is 5.57 Å². The first-order valence-electron chi connectivity index (χ1n) is 11.2. The lowest BCUT2D eigenvalue weighted by Gasteiger charge is -2.26. The van der Waals surface area contributed by atoms with Crippen molar-refractivity contribution >= 4 is 11.5 Å². The molecule has 2 heterocycles. The molecule has 168 valence electrons. The van der Waals surface area contributed by atoms with Crippen LogP contribution in [0.3, 0.4) is 0 Å². The molecule has 0 spiro atoms. The Morgan fingerprint density at radius 2 is 1.94 bits per heavy atom. The summed E-state index contributed by atoms with van der Waals surface area (Å²) in [5, 5.41) is 2.99. The third-order valence-electron chi connectivity index (χ3n) is 5.63. The van der Waals surface area contributed by atoms with Crippen molar-refractivity contribution in [3.05, 3.63) is 72.3 Å². The van der Waals surface area contributed by atoms with E-state index in [1.54, 1.807) is 12.4 Å². The van der Waals surface area contributed by atoms with Gasteiger partial charge in [0.2, 0.25) is 5.91 Å². The average Bonchev–Trinajstić information content (AvgIpc) is 2.85. The number of rotatable bonds is 9. The molecule has 7 heteroatoms. The van der Waals surface area contributed by atoms with E-state index in [2.05, 4.69) is 32.3 Å². The van der Waals surface area contributed by atoms with Gasteiger partial charge in [-0.1, -0.05) is 48.6 Å². The second-order valence-corrected chi connectivity index (χ2v) is 8.03. The standard InChI is InChI=1S/C25H30N4O3/c30-24(26-17-21-4-2-1-3-5-21)16-20-6-8-22(9-7-20)25-27-18-23(19-28-25)32-15-12-29-10-13-31-14-11-29/h1-6,8-9,18-20H,7,10-17H2,(H,26,30). The summed E-state index contributed by atoms with van der Waals surface area (Å²) in [4.78, 5) is 23.5. The molecular weight excluding hydrogens is 404 g/mol. The lowest BCUT2D eigenvalue weighted by Crippen LogP contribution is -2.38. The summed E-state index contributed by atoms with van der Waals surface area (Å²) in [7, 11) is 0. The van der Waals surface area contributed by atoms with Crippen molar-refractivity contribution in [3.63, 3.8) is 0 Å². The maximum absolute atomic E-state index is 12.2. The van der Waals surface area contributed by atoms with Gasteiger partial charge in [0.05, 0.1) is 25.6 Å². The largest absolute Gasteiger partial charge is 0.489 e. The van der Waals surface area contributed by atoms with E-state index < -0.39 is 0 Å². The van der Waals surface area contributed by atoms with Gasteiger partial charge in [-0.3, -0.25) is 9.69 Å². The molecule has 0 saturated carbocycles. The van der Waals surface area contributed by atoms with Gasteiger partial charge < -0.3 is 14.8 Å². The number of ether oxygens (including phenoxy) is 2. The number of hydrogen-bond acceptors (Lipinski definition) is 6. The van der Waals surface area contributed by atoms with Crippen molar-refractivity contribution < 1.29 is 14.3 Å². The number of benzene rings is 1. The van der Waals surface area contributed by atoms with Crippen LogP contribution in [0.5, 0.6) is 5.75 Å². The number of nitrogens with zero attached hydrogens (tertiary/aromatic N) is 3. The number of nitrogens with one attached hydrogen (secondary N) is 1. The molecule has 1 atom stereocenters. The Bertz CT molecular complexity index is 922. The number of morpholine rings is 1. The molecule has 0 bridgehead atoms. The van der Waals surface area contributed by atoms with Gasteiger partial charge in [-0.05, 0) is 17.9 Å². The molecule has 1 saturated heterocycles. The Kier molecular flexibility index (Phi) is 8.00. The number of amides is 1. The molecule has 1 unspecified atom stereocenters. The van der Waals surface area contributed by atoms with Crippen molar-refractivity contribution in [3.8, 4) is 5.75 Å². The summed E-state index contributed by atoms with van der Waals surface area (Å²) in [6, 6.07) is 9.94. The highest BCUT2D eigenvalue weighted by Crippen LogP contribution is 2.24. The average molecular weight is 435 g/mol. The van der Waals surface area contributed by atoms with Crippen LogP contribution in [0, 0.1) is 5.92 Å². The van der Waals surface area contributed by atoms with E-state index in [4.69, 9.17) is 9.47 Å². The van der Waals surface area contributed by atoms with E-state index in [1.165, 1.54) is 0 Å². The van der Waals surface area contributed by atoms with Crippen molar-refractivity contribution in [2.45, 2.75) is 19.4 Å². The summed E-state index contributed by atoms with van der Waals surface area (Å²) in [5.41, 5.74) is 2.08. The van der Waals surface area contributed by atoms with Crippen molar-refractivity contribution in [1.82, 2.24) is 20.2 Å². The second-order valence-electron chi connectivity index (χ2n) is 8.03. The molecule has 1 N–H and O–H groups in total. The fourth-order valence-electron chi connectivity index (χ4n) is 3.75. The van der Waals surface area contributed by atoms with Gasteiger partial charge >= 0.3 is 0 Å². The fourth-order valence-corrected chi connectivity index (χ4v) is 3.75. The quantitative estimate of drug-likeness (QED) is 0.654. The van der Waals surface area contributed by atoms with Crippen LogP contribution in [0.4, 0.5) is 0 Å². The molecule has 1 fully saturated rings. The highest BCUT2D eigenvalue weighted by atomic mass is 16.5. The van der Waals surface area contributed by atoms with Crippen LogP contribution in [0.2, 0.25) is 0 Å². The van der Waals surface area contributed by atoms with E-state index >= 15 is 0 Å². The summed E-state index contributed by atoms with van der Waals surface area (Å²) in [6.07, 6.45) is 10.9. The maximum atomic E-state index is 12.2. The first-order valence-corrected chi connectivity index (χ1v) is 11.2. The third-order valence-corrected chi connectivity index (χ3v) is 5.63. The minimum absolute atomic E-state index is 0.0650. The van der Waals surface area contributed by atoms with Gasteiger partial charge in [-0.25, -0.2) is 9.97 Å². The van der Waals surface area contributed by atoms with Crippen LogP contribution in [-0.2, 0) is 16.1 Å². The van der Waals surface area contributed by atoms with Gasteiger partial charge in [0.1, 0.15) is 6.61 Å². The fraction of sp³-hybridized carbons (Fsp3) is 0.400. The van der Waals surface area contributed by atoms with Crippen LogP contribution in [0.15, 0.2) is 61.0 Å². The summed E-state index contributed by atoms with van der Waals surface area (Å²) < 4.78 is 11.1. The first kappa shape index (κ1) is 22.2. The Labute approximate surface area is 189 Å². The highest BCUT2D eigenvalue weighted by Gasteiger charge is 2.15. The molecule has 1 aliphatic carbocycles. The van der Waals surface area contributed by atoms with Crippen molar-refractivity contribution in [2.75, 3.05) is 39.5 Å². The number of allylic oxidation sites excluding steroid dienone is 4. The molecule has 1 amide bonds. The molecule has 1 aromatic heterocycles. The van der Waals surface area contributed by atoms with Gasteiger partial charge in [-0.15, -0.1) is 0 Å².